The topological polar surface area (TPSA) is 200 Å². The van der Waals surface area contributed by atoms with Gasteiger partial charge in [-0.15, -0.1) is 0 Å². The fraction of sp³-hybridized carbons (Fsp3) is 0.406. The van der Waals surface area contributed by atoms with Crippen molar-refractivity contribution in [1.82, 2.24) is 0 Å². The van der Waals surface area contributed by atoms with Gasteiger partial charge in [0.15, 0.2) is 5.71 Å². The normalized spacial score (nSPS) is 19.9. The number of aldehydes is 1. The number of hydrogen-bond donors (Lipinski definition) is 3. The Balaban J connectivity index is 1.68. The molecular weight excluding hydrogens is 693 g/mol. The van der Waals surface area contributed by atoms with Crippen molar-refractivity contribution < 1.29 is 48.3 Å². The number of aliphatic imine (C=N–C) groups is 1. The number of allylic oxidation sites excluding steroid dienone is 6. The van der Waals surface area contributed by atoms with Crippen molar-refractivity contribution in [3.05, 3.63) is 77.7 Å². The summed E-state index contributed by atoms with van der Waals surface area (Å²) in [5.74, 6) is -0.270. The third-order valence-electron chi connectivity index (χ3n) is 8.75. The van der Waals surface area contributed by atoms with Crippen LogP contribution in [-0.2, 0) is 52.5 Å². The van der Waals surface area contributed by atoms with Crippen LogP contribution in [0.15, 0.2) is 76.4 Å². The highest BCUT2D eigenvalue weighted by molar-refractivity contribution is 7.86. The summed E-state index contributed by atoms with van der Waals surface area (Å²) >= 11 is 0. The minimum Gasteiger partial charge on any atom is -0.344 e. The minimum atomic E-state index is -4.54. The Morgan fingerprint density at radius 3 is 2.22 bits per heavy atom. The maximum absolute atomic E-state index is 12.0. The lowest BCUT2D eigenvalue weighted by atomic mass is 9.77. The van der Waals surface area contributed by atoms with Crippen LogP contribution < -0.4 is 14.9 Å². The second kappa shape index (κ2) is 14.4. The molecule has 0 fully saturated rings. The summed E-state index contributed by atoms with van der Waals surface area (Å²) < 4.78 is 99.3. The number of rotatable bonds is 15. The van der Waals surface area contributed by atoms with Crippen molar-refractivity contribution in [3.8, 4) is 0 Å². The third kappa shape index (κ3) is 9.01. The lowest BCUT2D eigenvalue weighted by Crippen LogP contribution is -2.39. The van der Waals surface area contributed by atoms with Gasteiger partial charge in [0.25, 0.3) is 30.4 Å². The number of benzene rings is 1. The van der Waals surface area contributed by atoms with Gasteiger partial charge in [0.1, 0.15) is 14.1 Å². The Morgan fingerprint density at radius 1 is 0.918 bits per heavy atom. The average Bonchev–Trinajstić information content (AvgIpc) is 3.36. The molecule has 262 valence electrons. The predicted octanol–water partition coefficient (Wildman–Crippen LogP) is 2.69. The molecule has 0 aliphatic carbocycles. The Hall–Kier alpha value is -3.48. The van der Waals surface area contributed by atoms with Crippen molar-refractivity contribution in [3.63, 3.8) is 0 Å². The van der Waals surface area contributed by atoms with E-state index in [2.05, 4.69) is 0 Å². The first-order valence-corrected chi connectivity index (χ1v) is 20.0. The second-order valence-corrected chi connectivity index (χ2v) is 17.3. The fourth-order valence-electron chi connectivity index (χ4n) is 6.28. The van der Waals surface area contributed by atoms with Gasteiger partial charge in [-0.25, -0.2) is 4.57 Å². The molecule has 1 aromatic heterocycles. The molecule has 0 spiro atoms. The minimum absolute atomic E-state index is 0.0544. The van der Waals surface area contributed by atoms with Gasteiger partial charge in [-0.1, -0.05) is 29.8 Å². The Morgan fingerprint density at radius 2 is 1.59 bits per heavy atom. The van der Waals surface area contributed by atoms with Crippen molar-refractivity contribution in [1.29, 1.82) is 0 Å². The smallest absolute Gasteiger partial charge is 0.327 e. The van der Waals surface area contributed by atoms with Crippen LogP contribution in [0.3, 0.4) is 0 Å². The second-order valence-electron chi connectivity index (χ2n) is 12.7. The molecule has 4 rings (SSSR count). The average molecular weight is 733 g/mol. The summed E-state index contributed by atoms with van der Waals surface area (Å²) in [6.07, 6.45) is 12.0. The van der Waals surface area contributed by atoms with Crippen LogP contribution in [0.4, 0.5) is 11.5 Å². The monoisotopic (exact) mass is 732 g/mol. The van der Waals surface area contributed by atoms with Gasteiger partial charge in [0, 0.05) is 36.2 Å². The molecule has 2 radical (unpaired) electrons. The van der Waals surface area contributed by atoms with E-state index in [1.165, 1.54) is 18.2 Å². The lowest BCUT2D eigenvalue weighted by Gasteiger charge is -2.30. The zero-order chi connectivity index (χ0) is 36.4. The number of carbonyl (C=O) groups excluding carboxylic acids is 1. The van der Waals surface area contributed by atoms with E-state index in [0.29, 0.717) is 40.4 Å². The lowest BCUT2D eigenvalue weighted by molar-refractivity contribution is -0.683. The SMILES string of the molecule is [B]c1cc2c([n+](CCCS(=O)(=O)O)c1)N=C(/C=C/C=C/C=C1/N(CCCS(=O)(=O)O)c3ccc(S(=O)(=O)O)cc3C1(C)CCC=O)C2(C)C. The van der Waals surface area contributed by atoms with Crippen LogP contribution in [0.25, 0.3) is 0 Å². The molecule has 3 heterocycles. The maximum atomic E-state index is 12.0. The molecular formula is C32H39BN3O10S3+. The molecule has 1 unspecified atom stereocenters. The Labute approximate surface area is 288 Å². The highest BCUT2D eigenvalue weighted by Gasteiger charge is 2.44. The Bertz CT molecular complexity index is 2090. The first-order chi connectivity index (χ1) is 22.7. The van der Waals surface area contributed by atoms with E-state index in [1.54, 1.807) is 35.1 Å². The molecule has 0 saturated carbocycles. The number of aryl methyl sites for hydroxylation is 1. The van der Waals surface area contributed by atoms with Crippen molar-refractivity contribution >= 4 is 67.2 Å². The number of nitrogens with zero attached hydrogens (tertiary/aromatic N) is 3. The Kier molecular flexibility index (Phi) is 11.3. The molecule has 2 aromatic rings. The quantitative estimate of drug-likeness (QED) is 0.0800. The maximum Gasteiger partial charge on any atom is 0.327 e. The molecule has 1 aromatic carbocycles. The third-order valence-corrected chi connectivity index (χ3v) is 11.2. The zero-order valence-corrected chi connectivity index (χ0v) is 29.8. The van der Waals surface area contributed by atoms with E-state index >= 15 is 0 Å². The molecule has 13 nitrogen and oxygen atoms in total. The van der Waals surface area contributed by atoms with Gasteiger partial charge < -0.3 is 9.69 Å². The van der Waals surface area contributed by atoms with Crippen LogP contribution >= 0.6 is 0 Å². The standard InChI is InChI=1S/C32H38BN3O10S3/c1-31(2)26-20-23(33)22-35(15-8-18-47(38,39)40)30(26)34-28(31)10-5-4-6-11-29-32(3,14-7-17-37)25-21-24(49(44,45)46)12-13-27(25)36(29)16-9-19-48(41,42)43/h4-6,10-13,17,20-22H,7-9,14-16,18-19H2,1-3H3,(H2-,38,39,40,41,42,43,44,45,46)/p+1. The highest BCUT2D eigenvalue weighted by Crippen LogP contribution is 2.51. The van der Waals surface area contributed by atoms with Crippen LogP contribution in [0, 0.1) is 0 Å². The summed E-state index contributed by atoms with van der Waals surface area (Å²) in [5, 5.41) is 0. The first-order valence-electron chi connectivity index (χ1n) is 15.4. The summed E-state index contributed by atoms with van der Waals surface area (Å²) in [5.41, 5.74) is 2.37. The number of carbonyl (C=O) groups is 1. The largest absolute Gasteiger partial charge is 0.344 e. The van der Waals surface area contributed by atoms with Gasteiger partial charge in [-0.3, -0.25) is 13.7 Å². The molecule has 49 heavy (non-hydrogen) atoms. The first kappa shape index (κ1) is 38.3. The van der Waals surface area contributed by atoms with E-state index in [-0.39, 0.29) is 37.2 Å². The number of aromatic nitrogens is 1. The van der Waals surface area contributed by atoms with Crippen LogP contribution in [0.1, 0.15) is 57.6 Å². The van der Waals surface area contributed by atoms with E-state index < -0.39 is 52.7 Å². The highest BCUT2D eigenvalue weighted by atomic mass is 32.2. The number of pyridine rings is 1. The number of hydrogen-bond acceptors (Lipinski definition) is 9. The molecule has 2 aliphatic heterocycles. The summed E-state index contributed by atoms with van der Waals surface area (Å²) in [6, 6.07) is 5.95. The molecule has 0 saturated heterocycles. The van der Waals surface area contributed by atoms with Crippen LogP contribution in [-0.4, -0.2) is 76.8 Å². The van der Waals surface area contributed by atoms with Crippen LogP contribution in [0.2, 0.25) is 0 Å². The summed E-state index contributed by atoms with van der Waals surface area (Å²) in [6.45, 7) is 6.23. The number of fused-ring (bicyclic) bond motifs is 2. The molecule has 3 N–H and O–H groups in total. The molecule has 0 bridgehead atoms. The summed E-state index contributed by atoms with van der Waals surface area (Å²) in [7, 11) is -6.75. The van der Waals surface area contributed by atoms with Crippen molar-refractivity contribution in [2.24, 2.45) is 4.99 Å². The van der Waals surface area contributed by atoms with E-state index in [4.69, 9.17) is 17.4 Å². The van der Waals surface area contributed by atoms with Crippen molar-refractivity contribution in [2.75, 3.05) is 23.0 Å². The predicted molar refractivity (Wildman–Crippen MR) is 187 cm³/mol. The van der Waals surface area contributed by atoms with Gasteiger partial charge in [0.05, 0.1) is 40.1 Å². The summed E-state index contributed by atoms with van der Waals surface area (Å²) in [4.78, 5) is 17.8. The van der Waals surface area contributed by atoms with Gasteiger partial charge >= 0.3 is 5.82 Å². The van der Waals surface area contributed by atoms with Gasteiger partial charge in [-0.2, -0.15) is 25.3 Å². The zero-order valence-electron chi connectivity index (χ0n) is 27.4. The van der Waals surface area contributed by atoms with E-state index in [1.807, 2.05) is 37.8 Å². The number of anilines is 1. The van der Waals surface area contributed by atoms with Gasteiger partial charge in [-0.05, 0) is 74.5 Å². The van der Waals surface area contributed by atoms with E-state index in [9.17, 15) is 39.2 Å². The molecule has 2 aliphatic rings. The molecule has 0 amide bonds. The van der Waals surface area contributed by atoms with Crippen molar-refractivity contribution in [2.45, 2.75) is 68.7 Å². The molecule has 17 heteroatoms. The van der Waals surface area contributed by atoms with Crippen LogP contribution in [0.5, 0.6) is 0 Å². The van der Waals surface area contributed by atoms with E-state index in [0.717, 1.165) is 11.8 Å². The fourth-order valence-corrected chi connectivity index (χ4v) is 7.77. The molecule has 1 atom stereocenters. The van der Waals surface area contributed by atoms with Gasteiger partial charge in [0.2, 0.25) is 0 Å².